The molecule has 3 N–H and O–H groups in total. The largest absolute Gasteiger partial charge is 0.391 e. The highest BCUT2D eigenvalue weighted by Crippen LogP contribution is 2.17. The van der Waals surface area contributed by atoms with Gasteiger partial charge in [0.05, 0.1) is 12.5 Å². The van der Waals surface area contributed by atoms with Crippen LogP contribution in [0.3, 0.4) is 0 Å². The van der Waals surface area contributed by atoms with Crippen LogP contribution in [0, 0.1) is 5.92 Å². The molecule has 19 heavy (non-hydrogen) atoms. The molecule has 102 valence electrons. The van der Waals surface area contributed by atoms with Gasteiger partial charge in [0.15, 0.2) is 0 Å². The van der Waals surface area contributed by atoms with Crippen LogP contribution in [-0.2, 0) is 9.53 Å². The van der Waals surface area contributed by atoms with Crippen LogP contribution >= 0.6 is 12.2 Å². The average molecular weight is 278 g/mol. The molecule has 1 aromatic rings. The van der Waals surface area contributed by atoms with Crippen molar-refractivity contribution in [2.24, 2.45) is 11.7 Å². The van der Waals surface area contributed by atoms with E-state index in [0.717, 1.165) is 25.0 Å². The highest BCUT2D eigenvalue weighted by atomic mass is 32.1. The van der Waals surface area contributed by atoms with E-state index in [9.17, 15) is 4.79 Å². The summed E-state index contributed by atoms with van der Waals surface area (Å²) in [5.41, 5.74) is 6.63. The molecule has 0 aliphatic carbocycles. The number of carbonyl (C=O) groups excluding carboxylic acids is 1. The van der Waals surface area contributed by atoms with E-state index in [1.807, 2.05) is 30.3 Å². The Morgan fingerprint density at radius 1 is 1.42 bits per heavy atom. The van der Waals surface area contributed by atoms with Crippen LogP contribution in [0.25, 0.3) is 0 Å². The van der Waals surface area contributed by atoms with Gasteiger partial charge in [0.1, 0.15) is 11.0 Å². The van der Waals surface area contributed by atoms with Crippen LogP contribution in [0.2, 0.25) is 0 Å². The molecular formula is C14H18N2O2S. The maximum absolute atomic E-state index is 12.2. The zero-order valence-corrected chi connectivity index (χ0v) is 11.5. The molecular weight excluding hydrogens is 260 g/mol. The number of thiocarbonyl (C=S) groups is 1. The van der Waals surface area contributed by atoms with Crippen molar-refractivity contribution in [1.82, 2.24) is 5.32 Å². The van der Waals surface area contributed by atoms with Gasteiger partial charge in [0.2, 0.25) is 5.91 Å². The Bertz CT molecular complexity index is 444. The van der Waals surface area contributed by atoms with Crippen molar-refractivity contribution < 1.29 is 9.53 Å². The van der Waals surface area contributed by atoms with Gasteiger partial charge in [-0.15, -0.1) is 0 Å². The minimum absolute atomic E-state index is 0.0404. The highest BCUT2D eigenvalue weighted by Gasteiger charge is 2.25. The van der Waals surface area contributed by atoms with Gasteiger partial charge >= 0.3 is 0 Å². The molecule has 2 rings (SSSR count). The molecule has 1 aromatic carbocycles. The number of rotatable bonds is 4. The quantitative estimate of drug-likeness (QED) is 0.820. The van der Waals surface area contributed by atoms with E-state index in [1.54, 1.807) is 0 Å². The third-order valence-electron chi connectivity index (χ3n) is 3.24. The van der Waals surface area contributed by atoms with Gasteiger partial charge in [0.25, 0.3) is 0 Å². The Hall–Kier alpha value is -1.46. The van der Waals surface area contributed by atoms with Crippen LogP contribution in [0.4, 0.5) is 0 Å². The number of amides is 1. The Balaban J connectivity index is 2.04. The molecule has 2 atom stereocenters. The van der Waals surface area contributed by atoms with E-state index < -0.39 is 6.04 Å². The molecule has 1 heterocycles. The number of hydrogen-bond acceptors (Lipinski definition) is 3. The van der Waals surface area contributed by atoms with E-state index in [-0.39, 0.29) is 16.8 Å². The predicted molar refractivity (Wildman–Crippen MR) is 77.7 cm³/mol. The Morgan fingerprint density at radius 2 is 2.16 bits per heavy atom. The van der Waals surface area contributed by atoms with Crippen molar-refractivity contribution in [3.63, 3.8) is 0 Å². The SMILES string of the molecule is NC(=S)C(NC(=O)C1CCCOC1)c1ccccc1. The smallest absolute Gasteiger partial charge is 0.226 e. The van der Waals surface area contributed by atoms with E-state index in [0.29, 0.717) is 6.61 Å². The van der Waals surface area contributed by atoms with E-state index in [1.165, 1.54) is 0 Å². The third kappa shape index (κ3) is 3.75. The lowest BCUT2D eigenvalue weighted by Gasteiger charge is -2.24. The maximum atomic E-state index is 12.2. The molecule has 0 radical (unpaired) electrons. The topological polar surface area (TPSA) is 64.3 Å². The monoisotopic (exact) mass is 278 g/mol. The van der Waals surface area contributed by atoms with Crippen LogP contribution in [0.1, 0.15) is 24.4 Å². The van der Waals surface area contributed by atoms with Gasteiger partial charge in [-0.05, 0) is 18.4 Å². The van der Waals surface area contributed by atoms with Crippen molar-refractivity contribution >= 4 is 23.1 Å². The first-order valence-electron chi connectivity index (χ1n) is 6.41. The maximum Gasteiger partial charge on any atom is 0.226 e. The summed E-state index contributed by atoms with van der Waals surface area (Å²) in [5.74, 6) is -0.143. The molecule has 4 nitrogen and oxygen atoms in total. The third-order valence-corrected chi connectivity index (χ3v) is 3.47. The number of carbonyl (C=O) groups is 1. The zero-order chi connectivity index (χ0) is 13.7. The number of hydrogen-bond donors (Lipinski definition) is 2. The highest BCUT2D eigenvalue weighted by molar-refractivity contribution is 7.80. The fourth-order valence-electron chi connectivity index (χ4n) is 2.17. The normalized spacial score (nSPS) is 20.5. The summed E-state index contributed by atoms with van der Waals surface area (Å²) in [5, 5.41) is 2.92. The van der Waals surface area contributed by atoms with E-state index in [4.69, 9.17) is 22.7 Å². The second-order valence-electron chi connectivity index (χ2n) is 4.67. The molecule has 5 heteroatoms. The minimum Gasteiger partial charge on any atom is -0.391 e. The predicted octanol–water partition coefficient (Wildman–Crippen LogP) is 1.56. The molecule has 0 bridgehead atoms. The lowest BCUT2D eigenvalue weighted by Crippen LogP contribution is -2.41. The molecule has 2 unspecified atom stereocenters. The van der Waals surface area contributed by atoms with Gasteiger partial charge in [-0.1, -0.05) is 42.5 Å². The van der Waals surface area contributed by atoms with Crippen molar-refractivity contribution in [3.8, 4) is 0 Å². The van der Waals surface area contributed by atoms with E-state index >= 15 is 0 Å². The van der Waals surface area contributed by atoms with E-state index in [2.05, 4.69) is 5.32 Å². The lowest BCUT2D eigenvalue weighted by atomic mass is 10.00. The molecule has 1 aliphatic rings. The van der Waals surface area contributed by atoms with Gasteiger partial charge in [-0.3, -0.25) is 4.79 Å². The Kier molecular flexibility index (Phi) is 4.87. The number of ether oxygens (including phenoxy) is 1. The fraction of sp³-hybridized carbons (Fsp3) is 0.429. The van der Waals surface area contributed by atoms with Crippen LogP contribution in [-0.4, -0.2) is 24.1 Å². The first-order chi connectivity index (χ1) is 9.18. The van der Waals surface area contributed by atoms with Gasteiger partial charge in [0, 0.05) is 6.61 Å². The summed E-state index contributed by atoms with van der Waals surface area (Å²) < 4.78 is 5.33. The summed E-state index contributed by atoms with van der Waals surface area (Å²) in [7, 11) is 0. The molecule has 1 aliphatic heterocycles. The van der Waals surface area contributed by atoms with Gasteiger partial charge < -0.3 is 15.8 Å². The van der Waals surface area contributed by atoms with Crippen LogP contribution in [0.5, 0.6) is 0 Å². The summed E-state index contributed by atoms with van der Waals surface area (Å²) in [6.07, 6.45) is 1.77. The summed E-state index contributed by atoms with van der Waals surface area (Å²) >= 11 is 5.05. The van der Waals surface area contributed by atoms with Crippen LogP contribution in [0.15, 0.2) is 30.3 Å². The van der Waals surface area contributed by atoms with Gasteiger partial charge in [-0.25, -0.2) is 0 Å². The average Bonchev–Trinajstić information content (AvgIpc) is 2.46. The minimum atomic E-state index is -0.411. The van der Waals surface area contributed by atoms with Gasteiger partial charge in [-0.2, -0.15) is 0 Å². The molecule has 0 spiro atoms. The number of nitrogens with one attached hydrogen (secondary N) is 1. The second-order valence-corrected chi connectivity index (χ2v) is 5.14. The lowest BCUT2D eigenvalue weighted by molar-refractivity contribution is -0.129. The first-order valence-corrected chi connectivity index (χ1v) is 6.81. The first kappa shape index (κ1) is 14.0. The molecule has 0 saturated carbocycles. The second kappa shape index (κ2) is 6.63. The van der Waals surface area contributed by atoms with Crippen molar-refractivity contribution in [3.05, 3.63) is 35.9 Å². The summed E-state index contributed by atoms with van der Waals surface area (Å²) in [6.45, 7) is 1.21. The Labute approximate surface area is 118 Å². The van der Waals surface area contributed by atoms with Crippen molar-refractivity contribution in [1.29, 1.82) is 0 Å². The van der Waals surface area contributed by atoms with Crippen molar-refractivity contribution in [2.75, 3.05) is 13.2 Å². The molecule has 1 fully saturated rings. The number of nitrogens with two attached hydrogens (primary N) is 1. The molecule has 1 amide bonds. The molecule has 1 saturated heterocycles. The summed E-state index contributed by atoms with van der Waals surface area (Å²) in [6, 6.07) is 9.11. The number of benzene rings is 1. The fourth-order valence-corrected chi connectivity index (χ4v) is 2.37. The Morgan fingerprint density at radius 3 is 2.74 bits per heavy atom. The standard InChI is InChI=1S/C14H18N2O2S/c15-13(19)12(10-5-2-1-3-6-10)16-14(17)11-7-4-8-18-9-11/h1-3,5-6,11-12H,4,7-9H2,(H2,15,19)(H,16,17). The van der Waals surface area contributed by atoms with Crippen LogP contribution < -0.4 is 11.1 Å². The van der Waals surface area contributed by atoms with Crippen molar-refractivity contribution in [2.45, 2.75) is 18.9 Å². The molecule has 0 aromatic heterocycles. The zero-order valence-electron chi connectivity index (χ0n) is 10.7. The summed E-state index contributed by atoms with van der Waals surface area (Å²) in [4.78, 5) is 12.5.